The minimum Gasteiger partial charge on any atom is -0.356 e. The van der Waals surface area contributed by atoms with E-state index in [2.05, 4.69) is 32.6 Å². The van der Waals surface area contributed by atoms with E-state index >= 15 is 0 Å². The van der Waals surface area contributed by atoms with Crippen LogP contribution >= 0.6 is 0 Å². The second kappa shape index (κ2) is 8.15. The minimum absolute atomic E-state index is 0.265. The Labute approximate surface area is 164 Å². The van der Waals surface area contributed by atoms with Gasteiger partial charge < -0.3 is 9.80 Å². The Morgan fingerprint density at radius 2 is 1.81 bits per heavy atom. The highest BCUT2D eigenvalue weighted by Gasteiger charge is 2.28. The summed E-state index contributed by atoms with van der Waals surface area (Å²) in [7, 11) is 0. The van der Waals surface area contributed by atoms with Gasteiger partial charge in [0.25, 0.3) is 0 Å². The van der Waals surface area contributed by atoms with Crippen LogP contribution in [0.3, 0.4) is 0 Å². The molecule has 5 heteroatoms. The summed E-state index contributed by atoms with van der Waals surface area (Å²) in [5.41, 5.74) is 2.60. The number of carbonyl (C=O) groups is 1. The second-order valence-corrected chi connectivity index (χ2v) is 9.71. The number of anilines is 1. The molecule has 1 saturated heterocycles. The van der Waals surface area contributed by atoms with E-state index in [9.17, 15) is 4.79 Å². The van der Waals surface area contributed by atoms with Crippen LogP contribution in [-0.2, 0) is 17.8 Å². The lowest BCUT2D eigenvalue weighted by Crippen LogP contribution is -2.39. The Kier molecular flexibility index (Phi) is 6.07. The fourth-order valence-electron chi connectivity index (χ4n) is 4.64. The molecule has 0 N–H and O–H groups in total. The van der Waals surface area contributed by atoms with Crippen LogP contribution in [0.1, 0.15) is 76.9 Å². The predicted octanol–water partition coefficient (Wildman–Crippen LogP) is 4.12. The van der Waals surface area contributed by atoms with Crippen LogP contribution < -0.4 is 4.90 Å². The molecule has 0 aliphatic carbocycles. The molecule has 0 saturated carbocycles. The lowest BCUT2D eigenvalue weighted by Gasteiger charge is -2.35. The molecule has 150 valence electrons. The molecule has 2 aliphatic heterocycles. The van der Waals surface area contributed by atoms with Gasteiger partial charge in [-0.2, -0.15) is 0 Å². The number of carbonyl (C=O) groups excluding carboxylic acids is 1. The zero-order valence-corrected chi connectivity index (χ0v) is 17.8. The summed E-state index contributed by atoms with van der Waals surface area (Å²) < 4.78 is 0. The zero-order chi connectivity index (χ0) is 19.6. The zero-order valence-electron chi connectivity index (χ0n) is 17.8. The molecular formula is C22H36N4O. The molecule has 0 aromatic carbocycles. The maximum atomic E-state index is 12.9. The van der Waals surface area contributed by atoms with Crippen LogP contribution in [0.25, 0.3) is 0 Å². The standard InChI is InChI=1S/C22H36N4O/c1-16(14-22(3,4)5)13-20(27)26-12-9-19-18(15-26)21(24-17(2)23-19)25-10-7-6-8-11-25/h16H,6-15H2,1-5H3. The normalized spacial score (nSPS) is 19.0. The van der Waals surface area contributed by atoms with E-state index < -0.39 is 0 Å². The number of piperidine rings is 1. The van der Waals surface area contributed by atoms with Gasteiger partial charge in [-0.3, -0.25) is 4.79 Å². The average Bonchev–Trinajstić information content (AvgIpc) is 2.59. The van der Waals surface area contributed by atoms with Crippen LogP contribution in [0.5, 0.6) is 0 Å². The number of aryl methyl sites for hydroxylation is 1. The van der Waals surface area contributed by atoms with Gasteiger partial charge in [-0.1, -0.05) is 27.7 Å². The van der Waals surface area contributed by atoms with Crippen molar-refractivity contribution < 1.29 is 4.79 Å². The number of rotatable bonds is 4. The van der Waals surface area contributed by atoms with Crippen molar-refractivity contribution in [1.82, 2.24) is 14.9 Å². The lowest BCUT2D eigenvalue weighted by molar-refractivity contribution is -0.133. The smallest absolute Gasteiger partial charge is 0.223 e. The van der Waals surface area contributed by atoms with Gasteiger partial charge in [-0.25, -0.2) is 9.97 Å². The maximum absolute atomic E-state index is 12.9. The van der Waals surface area contributed by atoms with Crippen molar-refractivity contribution in [2.24, 2.45) is 11.3 Å². The van der Waals surface area contributed by atoms with Gasteiger partial charge in [0, 0.05) is 38.0 Å². The molecule has 1 aromatic rings. The molecule has 27 heavy (non-hydrogen) atoms. The van der Waals surface area contributed by atoms with Crippen LogP contribution in [0.15, 0.2) is 0 Å². The molecule has 3 heterocycles. The van der Waals surface area contributed by atoms with Crippen molar-refractivity contribution in [2.45, 2.75) is 79.7 Å². The van der Waals surface area contributed by atoms with Crippen molar-refractivity contribution in [3.63, 3.8) is 0 Å². The number of nitrogens with zero attached hydrogens (tertiary/aromatic N) is 4. The van der Waals surface area contributed by atoms with Gasteiger partial charge in [0.1, 0.15) is 11.6 Å². The van der Waals surface area contributed by atoms with Gasteiger partial charge in [-0.15, -0.1) is 0 Å². The molecule has 1 amide bonds. The van der Waals surface area contributed by atoms with E-state index in [0.717, 1.165) is 49.8 Å². The van der Waals surface area contributed by atoms with Crippen LogP contribution in [0.2, 0.25) is 0 Å². The van der Waals surface area contributed by atoms with E-state index in [0.29, 0.717) is 18.9 Å². The number of hydrogen-bond donors (Lipinski definition) is 0. The van der Waals surface area contributed by atoms with E-state index in [-0.39, 0.29) is 11.3 Å². The largest absolute Gasteiger partial charge is 0.356 e. The second-order valence-electron chi connectivity index (χ2n) is 9.71. The van der Waals surface area contributed by atoms with Gasteiger partial charge in [-0.05, 0) is 43.9 Å². The van der Waals surface area contributed by atoms with E-state index in [4.69, 9.17) is 9.97 Å². The number of hydrogen-bond acceptors (Lipinski definition) is 4. The highest BCUT2D eigenvalue weighted by atomic mass is 16.2. The monoisotopic (exact) mass is 372 g/mol. The first-order valence-electron chi connectivity index (χ1n) is 10.6. The van der Waals surface area contributed by atoms with Crippen molar-refractivity contribution in [3.8, 4) is 0 Å². The van der Waals surface area contributed by atoms with Crippen molar-refractivity contribution in [2.75, 3.05) is 24.5 Å². The Morgan fingerprint density at radius 3 is 2.48 bits per heavy atom. The molecule has 1 atom stereocenters. The lowest BCUT2D eigenvalue weighted by atomic mass is 9.84. The summed E-state index contributed by atoms with van der Waals surface area (Å²) in [6, 6.07) is 0. The third-order valence-electron chi connectivity index (χ3n) is 5.64. The molecule has 0 bridgehead atoms. The van der Waals surface area contributed by atoms with Crippen molar-refractivity contribution in [3.05, 3.63) is 17.1 Å². The van der Waals surface area contributed by atoms with Gasteiger partial charge in [0.15, 0.2) is 0 Å². The molecule has 1 aromatic heterocycles. The molecule has 3 rings (SSSR count). The van der Waals surface area contributed by atoms with Crippen LogP contribution in [0, 0.1) is 18.3 Å². The van der Waals surface area contributed by atoms with Crippen LogP contribution in [-0.4, -0.2) is 40.4 Å². The van der Waals surface area contributed by atoms with Gasteiger partial charge >= 0.3 is 0 Å². The summed E-state index contributed by atoms with van der Waals surface area (Å²) in [5, 5.41) is 0. The summed E-state index contributed by atoms with van der Waals surface area (Å²) in [5.74, 6) is 2.63. The van der Waals surface area contributed by atoms with Gasteiger partial charge in [0.05, 0.1) is 12.2 Å². The molecule has 5 nitrogen and oxygen atoms in total. The Hall–Kier alpha value is -1.65. The third kappa shape index (κ3) is 5.20. The molecule has 0 radical (unpaired) electrons. The summed E-state index contributed by atoms with van der Waals surface area (Å²) in [6.07, 6.45) is 6.32. The van der Waals surface area contributed by atoms with Crippen molar-refractivity contribution >= 4 is 11.7 Å². The first kappa shape index (κ1) is 20.1. The van der Waals surface area contributed by atoms with E-state index in [1.54, 1.807) is 0 Å². The Bertz CT molecular complexity index is 674. The van der Waals surface area contributed by atoms with E-state index in [1.807, 2.05) is 11.8 Å². The molecule has 2 aliphatic rings. The highest BCUT2D eigenvalue weighted by molar-refractivity contribution is 5.77. The van der Waals surface area contributed by atoms with Gasteiger partial charge in [0.2, 0.25) is 5.91 Å². The maximum Gasteiger partial charge on any atom is 0.223 e. The minimum atomic E-state index is 0.265. The predicted molar refractivity (Wildman–Crippen MR) is 110 cm³/mol. The molecule has 1 fully saturated rings. The highest BCUT2D eigenvalue weighted by Crippen LogP contribution is 2.30. The quantitative estimate of drug-likeness (QED) is 0.798. The fourth-order valence-corrected chi connectivity index (χ4v) is 4.64. The van der Waals surface area contributed by atoms with E-state index in [1.165, 1.54) is 24.8 Å². The summed E-state index contributed by atoms with van der Waals surface area (Å²) in [6.45, 7) is 14.5. The average molecular weight is 373 g/mol. The molecule has 1 unspecified atom stereocenters. The third-order valence-corrected chi connectivity index (χ3v) is 5.64. The Morgan fingerprint density at radius 1 is 1.11 bits per heavy atom. The number of fused-ring (bicyclic) bond motifs is 1. The SMILES string of the molecule is Cc1nc2c(c(N3CCCCC3)n1)CN(C(=O)CC(C)CC(C)(C)C)CC2. The molecule has 0 spiro atoms. The fraction of sp³-hybridized carbons (Fsp3) is 0.773. The topological polar surface area (TPSA) is 49.3 Å². The first-order chi connectivity index (χ1) is 12.7. The number of amides is 1. The summed E-state index contributed by atoms with van der Waals surface area (Å²) >= 11 is 0. The number of aromatic nitrogens is 2. The van der Waals surface area contributed by atoms with Crippen LogP contribution in [0.4, 0.5) is 5.82 Å². The first-order valence-corrected chi connectivity index (χ1v) is 10.6. The Balaban J connectivity index is 1.74. The molecular weight excluding hydrogens is 336 g/mol. The summed E-state index contributed by atoms with van der Waals surface area (Å²) in [4.78, 5) is 26.9. The van der Waals surface area contributed by atoms with Crippen molar-refractivity contribution in [1.29, 1.82) is 0 Å².